The minimum absolute atomic E-state index is 0.250. The van der Waals surface area contributed by atoms with Gasteiger partial charge in [0.15, 0.2) is 0 Å². The van der Waals surface area contributed by atoms with Crippen molar-refractivity contribution in [2.75, 3.05) is 33.4 Å². The molecule has 0 rings (SSSR count). The molecule has 0 radical (unpaired) electrons. The number of methoxy groups -OCH3 is 1. The Labute approximate surface area is 130 Å². The fourth-order valence-corrected chi connectivity index (χ4v) is 1.83. The zero-order valence-corrected chi connectivity index (χ0v) is 14.9. The Bertz CT molecular complexity index is 293. The van der Waals surface area contributed by atoms with Crippen molar-refractivity contribution in [3.8, 4) is 0 Å². The Balaban J connectivity index is 4.18. The standard InChI is InChI=1S/C16H34N2O3/c1-15(2,3)18(14(19)21-16(4,5)6)12-11-17-10-8-9-13-20-7/h17H,8-13H2,1-7H3. The third kappa shape index (κ3) is 10.5. The van der Waals surface area contributed by atoms with Crippen molar-refractivity contribution >= 4 is 6.09 Å². The van der Waals surface area contributed by atoms with Crippen LogP contribution in [0.1, 0.15) is 54.4 Å². The van der Waals surface area contributed by atoms with Gasteiger partial charge in [0, 0.05) is 32.3 Å². The zero-order valence-electron chi connectivity index (χ0n) is 14.9. The molecule has 0 spiro atoms. The molecule has 21 heavy (non-hydrogen) atoms. The van der Waals surface area contributed by atoms with Crippen LogP contribution in [0.5, 0.6) is 0 Å². The van der Waals surface area contributed by atoms with Crippen LogP contribution in [0.25, 0.3) is 0 Å². The van der Waals surface area contributed by atoms with Crippen LogP contribution < -0.4 is 5.32 Å². The molecule has 0 fully saturated rings. The average Bonchev–Trinajstić information content (AvgIpc) is 2.28. The first-order valence-electron chi connectivity index (χ1n) is 7.78. The van der Waals surface area contributed by atoms with Crippen LogP contribution in [0.4, 0.5) is 4.79 Å². The lowest BCUT2D eigenvalue weighted by Gasteiger charge is -2.36. The van der Waals surface area contributed by atoms with Gasteiger partial charge in [-0.15, -0.1) is 0 Å². The summed E-state index contributed by atoms with van der Waals surface area (Å²) in [5, 5.41) is 3.36. The van der Waals surface area contributed by atoms with E-state index in [-0.39, 0.29) is 11.6 Å². The molecule has 1 N–H and O–H groups in total. The molecule has 0 aliphatic heterocycles. The lowest BCUT2D eigenvalue weighted by Crippen LogP contribution is -2.50. The van der Waals surface area contributed by atoms with E-state index in [1.54, 1.807) is 12.0 Å². The minimum Gasteiger partial charge on any atom is -0.444 e. The molecular weight excluding hydrogens is 268 g/mol. The molecule has 0 atom stereocenters. The highest BCUT2D eigenvalue weighted by molar-refractivity contribution is 5.69. The monoisotopic (exact) mass is 302 g/mol. The van der Waals surface area contributed by atoms with Crippen LogP contribution in [-0.4, -0.2) is 55.5 Å². The number of nitrogens with zero attached hydrogens (tertiary/aromatic N) is 1. The zero-order chi connectivity index (χ0) is 16.5. The van der Waals surface area contributed by atoms with E-state index in [4.69, 9.17) is 9.47 Å². The van der Waals surface area contributed by atoms with E-state index in [1.807, 2.05) is 41.5 Å². The Morgan fingerprint density at radius 3 is 2.14 bits per heavy atom. The van der Waals surface area contributed by atoms with Gasteiger partial charge in [-0.1, -0.05) is 0 Å². The topological polar surface area (TPSA) is 50.8 Å². The van der Waals surface area contributed by atoms with Gasteiger partial charge in [0.05, 0.1) is 0 Å². The number of ether oxygens (including phenoxy) is 2. The highest BCUT2D eigenvalue weighted by Crippen LogP contribution is 2.17. The Morgan fingerprint density at radius 2 is 1.67 bits per heavy atom. The summed E-state index contributed by atoms with van der Waals surface area (Å²) < 4.78 is 10.5. The van der Waals surface area contributed by atoms with Crippen molar-refractivity contribution in [2.45, 2.75) is 65.5 Å². The predicted octanol–water partition coefficient (Wildman–Crippen LogP) is 3.04. The number of carbonyl (C=O) groups is 1. The maximum absolute atomic E-state index is 12.3. The summed E-state index contributed by atoms with van der Waals surface area (Å²) in [6.07, 6.45) is 1.88. The molecule has 0 aromatic carbocycles. The lowest BCUT2D eigenvalue weighted by molar-refractivity contribution is 0.00665. The molecule has 5 nitrogen and oxygen atoms in total. The second kappa shape index (κ2) is 9.26. The van der Waals surface area contributed by atoms with E-state index < -0.39 is 5.60 Å². The average molecular weight is 302 g/mol. The molecule has 0 saturated heterocycles. The molecule has 0 bridgehead atoms. The van der Waals surface area contributed by atoms with E-state index in [0.717, 1.165) is 32.5 Å². The van der Waals surface area contributed by atoms with Gasteiger partial charge in [-0.25, -0.2) is 4.79 Å². The largest absolute Gasteiger partial charge is 0.444 e. The van der Waals surface area contributed by atoms with Crippen LogP contribution in [0.3, 0.4) is 0 Å². The van der Waals surface area contributed by atoms with Crippen molar-refractivity contribution in [3.63, 3.8) is 0 Å². The smallest absolute Gasteiger partial charge is 0.410 e. The van der Waals surface area contributed by atoms with Crippen LogP contribution in [0.2, 0.25) is 0 Å². The molecule has 0 saturated carbocycles. The fourth-order valence-electron chi connectivity index (χ4n) is 1.83. The number of nitrogens with one attached hydrogen (secondary N) is 1. The normalized spacial score (nSPS) is 12.3. The van der Waals surface area contributed by atoms with Gasteiger partial charge in [-0.2, -0.15) is 0 Å². The molecule has 126 valence electrons. The number of carbonyl (C=O) groups excluding carboxylic acids is 1. The summed E-state index contributed by atoms with van der Waals surface area (Å²) in [6, 6.07) is 0. The van der Waals surface area contributed by atoms with E-state index in [2.05, 4.69) is 5.32 Å². The number of hydrogen-bond acceptors (Lipinski definition) is 4. The highest BCUT2D eigenvalue weighted by atomic mass is 16.6. The molecule has 0 aliphatic rings. The SMILES string of the molecule is COCCCCNCCN(C(=O)OC(C)(C)C)C(C)(C)C. The lowest BCUT2D eigenvalue weighted by atomic mass is 10.1. The number of unbranched alkanes of at least 4 members (excludes halogenated alkanes) is 1. The maximum Gasteiger partial charge on any atom is 0.410 e. The van der Waals surface area contributed by atoms with E-state index >= 15 is 0 Å². The first-order valence-corrected chi connectivity index (χ1v) is 7.78. The van der Waals surface area contributed by atoms with E-state index in [9.17, 15) is 4.79 Å². The summed E-state index contributed by atoms with van der Waals surface area (Å²) >= 11 is 0. The summed E-state index contributed by atoms with van der Waals surface area (Å²) in [4.78, 5) is 14.0. The van der Waals surface area contributed by atoms with Crippen LogP contribution in [-0.2, 0) is 9.47 Å². The maximum atomic E-state index is 12.3. The number of hydrogen-bond donors (Lipinski definition) is 1. The van der Waals surface area contributed by atoms with Crippen molar-refractivity contribution < 1.29 is 14.3 Å². The van der Waals surface area contributed by atoms with Crippen LogP contribution in [0, 0.1) is 0 Å². The Morgan fingerprint density at radius 1 is 1.05 bits per heavy atom. The number of amides is 1. The van der Waals surface area contributed by atoms with Gasteiger partial charge in [0.2, 0.25) is 0 Å². The van der Waals surface area contributed by atoms with Crippen molar-refractivity contribution in [1.29, 1.82) is 0 Å². The first kappa shape index (κ1) is 20.2. The summed E-state index contributed by atoms with van der Waals surface area (Å²) in [6.45, 7) is 14.9. The van der Waals surface area contributed by atoms with Crippen LogP contribution >= 0.6 is 0 Å². The second-order valence-electron chi connectivity index (χ2n) is 7.25. The van der Waals surface area contributed by atoms with Gasteiger partial charge in [-0.3, -0.25) is 0 Å². The highest BCUT2D eigenvalue weighted by Gasteiger charge is 2.30. The van der Waals surface area contributed by atoms with Gasteiger partial charge < -0.3 is 19.7 Å². The molecular formula is C16H34N2O3. The molecule has 0 aromatic heterocycles. The van der Waals surface area contributed by atoms with Crippen molar-refractivity contribution in [3.05, 3.63) is 0 Å². The van der Waals surface area contributed by atoms with Crippen LogP contribution in [0.15, 0.2) is 0 Å². The molecule has 0 unspecified atom stereocenters. The minimum atomic E-state index is -0.464. The summed E-state index contributed by atoms with van der Waals surface area (Å²) in [5.41, 5.74) is -0.714. The van der Waals surface area contributed by atoms with Gasteiger partial charge in [0.1, 0.15) is 5.60 Å². The molecule has 0 heterocycles. The van der Waals surface area contributed by atoms with Gasteiger partial charge in [0.25, 0.3) is 0 Å². The van der Waals surface area contributed by atoms with Gasteiger partial charge in [-0.05, 0) is 60.9 Å². The molecule has 1 amide bonds. The number of rotatable bonds is 8. The second-order valence-corrected chi connectivity index (χ2v) is 7.25. The fraction of sp³-hybridized carbons (Fsp3) is 0.938. The quantitative estimate of drug-likeness (QED) is 0.700. The van der Waals surface area contributed by atoms with Gasteiger partial charge >= 0.3 is 6.09 Å². The molecule has 5 heteroatoms. The first-order chi connectivity index (χ1) is 9.58. The predicted molar refractivity (Wildman–Crippen MR) is 86.7 cm³/mol. The van der Waals surface area contributed by atoms with E-state index in [1.165, 1.54) is 0 Å². The van der Waals surface area contributed by atoms with Crippen molar-refractivity contribution in [2.24, 2.45) is 0 Å². The summed E-state index contributed by atoms with van der Waals surface area (Å²) in [5.74, 6) is 0. The third-order valence-electron chi connectivity index (χ3n) is 2.89. The van der Waals surface area contributed by atoms with Crippen molar-refractivity contribution in [1.82, 2.24) is 10.2 Å². The van der Waals surface area contributed by atoms with E-state index in [0.29, 0.717) is 6.54 Å². The molecule has 0 aliphatic carbocycles. The Hall–Kier alpha value is -0.810. The molecule has 0 aromatic rings. The summed E-state index contributed by atoms with van der Waals surface area (Å²) in [7, 11) is 1.72. The Kier molecular flexibility index (Phi) is 8.90. The third-order valence-corrected chi connectivity index (χ3v) is 2.89.